The Morgan fingerprint density at radius 2 is 2.21 bits per heavy atom. The molecule has 0 aliphatic heterocycles. The second kappa shape index (κ2) is 5.08. The molecule has 0 fully saturated rings. The Kier molecular flexibility index (Phi) is 4.04. The summed E-state index contributed by atoms with van der Waals surface area (Å²) in [5.41, 5.74) is 0.414. The van der Waals surface area contributed by atoms with Crippen molar-refractivity contribution in [2.45, 2.75) is 0 Å². The van der Waals surface area contributed by atoms with Crippen LogP contribution in [-0.4, -0.2) is 12.7 Å². The maximum atomic E-state index is 11.0. The lowest BCUT2D eigenvalue weighted by molar-refractivity contribution is 0.173. The Bertz CT molecular complexity index is 342. The van der Waals surface area contributed by atoms with Crippen LogP contribution in [0.2, 0.25) is 10.0 Å². The molecule has 0 heterocycles. The Labute approximate surface area is 92.0 Å². The highest BCUT2D eigenvalue weighted by Crippen LogP contribution is 2.29. The van der Waals surface area contributed by atoms with Gasteiger partial charge in [-0.25, -0.2) is 4.79 Å². The zero-order valence-electron chi connectivity index (χ0n) is 7.22. The highest BCUT2D eigenvalue weighted by atomic mass is 35.5. The number of ether oxygens (including phenoxy) is 1. The summed E-state index contributed by atoms with van der Waals surface area (Å²) >= 11 is 11.6. The van der Waals surface area contributed by atoms with Crippen molar-refractivity contribution in [3.8, 4) is 0 Å². The smallest absolute Gasteiger partial charge is 0.411 e. The SMILES string of the molecule is [CH2]COC(=O)Nc1cccc(Cl)c1Cl. The maximum Gasteiger partial charge on any atom is 0.411 e. The van der Waals surface area contributed by atoms with E-state index in [2.05, 4.69) is 17.0 Å². The Morgan fingerprint density at radius 3 is 2.86 bits per heavy atom. The normalized spacial score (nSPS) is 9.64. The van der Waals surface area contributed by atoms with Gasteiger partial charge in [-0.05, 0) is 19.1 Å². The van der Waals surface area contributed by atoms with Crippen molar-refractivity contribution in [3.63, 3.8) is 0 Å². The molecule has 0 saturated carbocycles. The first-order valence-electron chi connectivity index (χ1n) is 3.82. The molecule has 1 aromatic rings. The third kappa shape index (κ3) is 2.79. The topological polar surface area (TPSA) is 38.3 Å². The average Bonchev–Trinajstić information content (AvgIpc) is 2.13. The van der Waals surface area contributed by atoms with Gasteiger partial charge in [-0.15, -0.1) is 0 Å². The molecule has 0 atom stereocenters. The fraction of sp³-hybridized carbons (Fsp3) is 0.111. The first-order valence-corrected chi connectivity index (χ1v) is 4.57. The van der Waals surface area contributed by atoms with Crippen molar-refractivity contribution in [2.24, 2.45) is 0 Å². The summed E-state index contributed by atoms with van der Waals surface area (Å²) < 4.78 is 4.58. The highest BCUT2D eigenvalue weighted by molar-refractivity contribution is 6.43. The molecular weight excluding hydrogens is 225 g/mol. The molecule has 0 unspecified atom stereocenters. The second-order valence-electron chi connectivity index (χ2n) is 2.36. The molecule has 0 aromatic heterocycles. The van der Waals surface area contributed by atoms with Crippen molar-refractivity contribution in [1.82, 2.24) is 0 Å². The molecule has 0 spiro atoms. The Hall–Kier alpha value is -0.930. The van der Waals surface area contributed by atoms with Gasteiger partial charge in [0.05, 0.1) is 22.3 Å². The van der Waals surface area contributed by atoms with Crippen molar-refractivity contribution in [3.05, 3.63) is 35.2 Å². The standard InChI is InChI=1S/C9H8Cl2NO2/c1-2-14-9(13)12-7-5-3-4-6(10)8(7)11/h3-5H,1-2H2,(H,12,13). The first kappa shape index (κ1) is 11.1. The van der Waals surface area contributed by atoms with E-state index in [0.29, 0.717) is 10.7 Å². The van der Waals surface area contributed by atoms with Gasteiger partial charge < -0.3 is 4.74 Å². The zero-order valence-corrected chi connectivity index (χ0v) is 8.73. The van der Waals surface area contributed by atoms with E-state index in [4.69, 9.17) is 23.2 Å². The van der Waals surface area contributed by atoms with Gasteiger partial charge in [0.25, 0.3) is 0 Å². The van der Waals surface area contributed by atoms with E-state index in [9.17, 15) is 4.79 Å². The fourth-order valence-corrected chi connectivity index (χ4v) is 1.19. The van der Waals surface area contributed by atoms with Gasteiger partial charge in [0.1, 0.15) is 0 Å². The number of nitrogens with one attached hydrogen (secondary N) is 1. The van der Waals surface area contributed by atoms with Crippen LogP contribution in [0.15, 0.2) is 18.2 Å². The van der Waals surface area contributed by atoms with Crippen molar-refractivity contribution < 1.29 is 9.53 Å². The molecule has 1 rings (SSSR count). The van der Waals surface area contributed by atoms with Gasteiger partial charge in [-0.2, -0.15) is 0 Å². The molecule has 1 N–H and O–H groups in total. The van der Waals surface area contributed by atoms with E-state index in [1.807, 2.05) is 0 Å². The summed E-state index contributed by atoms with van der Waals surface area (Å²) in [6, 6.07) is 4.92. The molecule has 14 heavy (non-hydrogen) atoms. The van der Waals surface area contributed by atoms with E-state index in [1.54, 1.807) is 18.2 Å². The van der Waals surface area contributed by atoms with Gasteiger partial charge in [0.2, 0.25) is 0 Å². The second-order valence-corrected chi connectivity index (χ2v) is 3.15. The monoisotopic (exact) mass is 232 g/mol. The van der Waals surface area contributed by atoms with Crippen molar-refractivity contribution in [2.75, 3.05) is 11.9 Å². The molecule has 0 bridgehead atoms. The summed E-state index contributed by atoms with van der Waals surface area (Å²) in [5.74, 6) is 0. The van der Waals surface area contributed by atoms with E-state index in [1.165, 1.54) is 0 Å². The molecule has 1 radical (unpaired) electrons. The number of anilines is 1. The lowest BCUT2D eigenvalue weighted by Gasteiger charge is -2.07. The third-order valence-electron chi connectivity index (χ3n) is 1.42. The van der Waals surface area contributed by atoms with Crippen LogP contribution in [-0.2, 0) is 4.74 Å². The summed E-state index contributed by atoms with van der Waals surface area (Å²) in [7, 11) is 0. The quantitative estimate of drug-likeness (QED) is 0.850. The Morgan fingerprint density at radius 1 is 1.50 bits per heavy atom. The van der Waals surface area contributed by atoms with E-state index in [0.717, 1.165) is 0 Å². The fourth-order valence-electron chi connectivity index (χ4n) is 0.839. The third-order valence-corrected chi connectivity index (χ3v) is 2.24. The molecule has 0 aliphatic carbocycles. The first-order chi connectivity index (χ1) is 6.65. The van der Waals surface area contributed by atoms with Crippen LogP contribution in [0.5, 0.6) is 0 Å². The average molecular weight is 233 g/mol. The summed E-state index contributed by atoms with van der Waals surface area (Å²) in [5, 5.41) is 3.10. The Balaban J connectivity index is 2.76. The molecule has 5 heteroatoms. The predicted octanol–water partition coefficient (Wildman–Crippen LogP) is 3.38. The van der Waals surface area contributed by atoms with E-state index in [-0.39, 0.29) is 11.6 Å². The molecular formula is C9H8Cl2NO2. The predicted molar refractivity (Wildman–Crippen MR) is 56.8 cm³/mol. The number of hydrogen-bond acceptors (Lipinski definition) is 2. The number of rotatable bonds is 2. The lowest BCUT2D eigenvalue weighted by Crippen LogP contribution is -2.13. The molecule has 3 nitrogen and oxygen atoms in total. The van der Waals surface area contributed by atoms with E-state index < -0.39 is 6.09 Å². The van der Waals surface area contributed by atoms with Crippen LogP contribution < -0.4 is 5.32 Å². The van der Waals surface area contributed by atoms with Gasteiger partial charge >= 0.3 is 6.09 Å². The maximum absolute atomic E-state index is 11.0. The van der Waals surface area contributed by atoms with Gasteiger partial charge in [0, 0.05) is 0 Å². The molecule has 1 aromatic carbocycles. The number of amides is 1. The van der Waals surface area contributed by atoms with Gasteiger partial charge in [-0.1, -0.05) is 29.3 Å². The van der Waals surface area contributed by atoms with Gasteiger partial charge in [0.15, 0.2) is 0 Å². The number of hydrogen-bond donors (Lipinski definition) is 1. The number of carbonyl (C=O) groups excluding carboxylic acids is 1. The summed E-state index contributed by atoms with van der Waals surface area (Å²) in [6.07, 6.45) is -0.607. The molecule has 75 valence electrons. The number of carbonyl (C=O) groups is 1. The van der Waals surface area contributed by atoms with Crippen LogP contribution in [0.4, 0.5) is 10.5 Å². The van der Waals surface area contributed by atoms with Crippen molar-refractivity contribution in [1.29, 1.82) is 0 Å². The summed E-state index contributed by atoms with van der Waals surface area (Å²) in [4.78, 5) is 11.0. The van der Waals surface area contributed by atoms with Crippen LogP contribution in [0.3, 0.4) is 0 Å². The zero-order chi connectivity index (χ0) is 10.6. The number of benzene rings is 1. The van der Waals surface area contributed by atoms with Crippen molar-refractivity contribution >= 4 is 35.0 Å². The number of halogens is 2. The minimum absolute atomic E-state index is 0.0595. The van der Waals surface area contributed by atoms with Gasteiger partial charge in [-0.3, -0.25) is 5.32 Å². The summed E-state index contributed by atoms with van der Waals surface area (Å²) in [6.45, 7) is 3.42. The largest absolute Gasteiger partial charge is 0.449 e. The van der Waals surface area contributed by atoms with Crippen LogP contribution in [0.1, 0.15) is 0 Å². The lowest BCUT2D eigenvalue weighted by atomic mass is 10.3. The highest BCUT2D eigenvalue weighted by Gasteiger charge is 2.07. The van der Waals surface area contributed by atoms with E-state index >= 15 is 0 Å². The van der Waals surface area contributed by atoms with Crippen LogP contribution in [0.25, 0.3) is 0 Å². The van der Waals surface area contributed by atoms with Crippen LogP contribution >= 0.6 is 23.2 Å². The van der Waals surface area contributed by atoms with Crippen LogP contribution in [0, 0.1) is 6.92 Å². The molecule has 0 aliphatic rings. The molecule has 0 saturated heterocycles. The molecule has 1 amide bonds. The minimum atomic E-state index is -0.607. The minimum Gasteiger partial charge on any atom is -0.449 e.